The molecule has 0 spiro atoms. The summed E-state index contributed by atoms with van der Waals surface area (Å²) in [6, 6.07) is 17.2. The van der Waals surface area contributed by atoms with Gasteiger partial charge in [-0.05, 0) is 24.0 Å². The van der Waals surface area contributed by atoms with Gasteiger partial charge in [-0.1, -0.05) is 60.7 Å². The summed E-state index contributed by atoms with van der Waals surface area (Å²) in [7, 11) is 0. The van der Waals surface area contributed by atoms with Gasteiger partial charge in [0.1, 0.15) is 0 Å². The Morgan fingerprint density at radius 1 is 0.920 bits per heavy atom. The molecule has 3 rings (SSSR count). The molecule has 1 amide bonds. The average Bonchev–Trinajstić information content (AvgIpc) is 3.21. The van der Waals surface area contributed by atoms with Crippen molar-refractivity contribution >= 4 is 11.9 Å². The molecule has 0 radical (unpaired) electrons. The van der Waals surface area contributed by atoms with Gasteiger partial charge >= 0.3 is 5.97 Å². The van der Waals surface area contributed by atoms with Crippen LogP contribution in [0.2, 0.25) is 0 Å². The van der Waals surface area contributed by atoms with Crippen LogP contribution < -0.4 is 0 Å². The number of esters is 1. The highest BCUT2D eigenvalue weighted by Gasteiger charge is 2.42. The molecular formula is C20H21NO4. The van der Waals surface area contributed by atoms with Gasteiger partial charge in [-0.15, -0.1) is 0 Å². The highest BCUT2D eigenvalue weighted by Crippen LogP contribution is 2.31. The molecular weight excluding hydrogens is 318 g/mol. The molecule has 2 aromatic carbocycles. The summed E-state index contributed by atoms with van der Waals surface area (Å²) in [5.74, 6) is -1.08. The first-order valence-corrected chi connectivity index (χ1v) is 8.41. The quantitative estimate of drug-likeness (QED) is 0.847. The van der Waals surface area contributed by atoms with Crippen LogP contribution in [0.1, 0.15) is 24.0 Å². The Morgan fingerprint density at radius 2 is 1.40 bits per heavy atom. The van der Waals surface area contributed by atoms with E-state index in [2.05, 4.69) is 0 Å². The van der Waals surface area contributed by atoms with Crippen LogP contribution in [-0.4, -0.2) is 41.6 Å². The second kappa shape index (κ2) is 7.49. The maximum Gasteiger partial charge on any atom is 0.348 e. The Labute approximate surface area is 146 Å². The molecule has 0 aromatic heterocycles. The third-order valence-corrected chi connectivity index (χ3v) is 4.46. The summed E-state index contributed by atoms with van der Waals surface area (Å²) in [5, 5.41) is 11.2. The first kappa shape index (κ1) is 17.2. The van der Waals surface area contributed by atoms with E-state index in [1.807, 2.05) is 0 Å². The molecule has 0 saturated carbocycles. The number of carbonyl (C=O) groups excluding carboxylic acids is 2. The van der Waals surface area contributed by atoms with E-state index in [0.29, 0.717) is 24.2 Å². The number of ether oxygens (including phenoxy) is 1. The number of likely N-dealkylation sites (tertiary alicyclic amines) is 1. The highest BCUT2D eigenvalue weighted by molar-refractivity contribution is 5.88. The fourth-order valence-corrected chi connectivity index (χ4v) is 3.05. The summed E-state index contributed by atoms with van der Waals surface area (Å²) in [6.07, 6.45) is 1.94. The minimum absolute atomic E-state index is 0.227. The molecule has 130 valence electrons. The monoisotopic (exact) mass is 339 g/mol. The standard InChI is InChI=1S/C20H21NO4/c22-18(21-13-7-8-14-21)15-25-19(23)20(24,16-9-3-1-4-10-16)17-11-5-2-6-12-17/h1-6,9-12,24H,7-8,13-15H2. The molecule has 5 heteroatoms. The van der Waals surface area contributed by atoms with E-state index < -0.39 is 11.6 Å². The Kier molecular flexibility index (Phi) is 5.14. The van der Waals surface area contributed by atoms with Crippen LogP contribution in [0, 0.1) is 0 Å². The fourth-order valence-electron chi connectivity index (χ4n) is 3.05. The zero-order chi connectivity index (χ0) is 17.7. The van der Waals surface area contributed by atoms with Gasteiger partial charge in [0.15, 0.2) is 6.61 Å². The summed E-state index contributed by atoms with van der Waals surface area (Å²) < 4.78 is 5.21. The van der Waals surface area contributed by atoms with E-state index in [1.54, 1.807) is 65.6 Å². The summed E-state index contributed by atoms with van der Waals surface area (Å²) in [6.45, 7) is 1.02. The van der Waals surface area contributed by atoms with Crippen LogP contribution in [0.5, 0.6) is 0 Å². The lowest BCUT2D eigenvalue weighted by atomic mass is 9.86. The molecule has 1 N–H and O–H groups in total. The smallest absolute Gasteiger partial charge is 0.348 e. The molecule has 1 heterocycles. The normalized spacial score (nSPS) is 14.4. The summed E-state index contributed by atoms with van der Waals surface area (Å²) in [5.41, 5.74) is -1.15. The van der Waals surface area contributed by atoms with Crippen LogP contribution in [0.25, 0.3) is 0 Å². The molecule has 0 bridgehead atoms. The van der Waals surface area contributed by atoms with Crippen molar-refractivity contribution in [3.05, 3.63) is 71.8 Å². The van der Waals surface area contributed by atoms with E-state index in [1.165, 1.54) is 0 Å². The van der Waals surface area contributed by atoms with Crippen molar-refractivity contribution in [2.24, 2.45) is 0 Å². The van der Waals surface area contributed by atoms with E-state index in [9.17, 15) is 14.7 Å². The van der Waals surface area contributed by atoms with E-state index >= 15 is 0 Å². The third kappa shape index (κ3) is 3.56. The van der Waals surface area contributed by atoms with Crippen molar-refractivity contribution in [2.75, 3.05) is 19.7 Å². The van der Waals surface area contributed by atoms with Crippen molar-refractivity contribution in [2.45, 2.75) is 18.4 Å². The van der Waals surface area contributed by atoms with Crippen LogP contribution in [0.15, 0.2) is 60.7 Å². The molecule has 1 aliphatic heterocycles. The predicted octanol–water partition coefficient (Wildman–Crippen LogP) is 2.09. The van der Waals surface area contributed by atoms with Gasteiger partial charge in [0, 0.05) is 13.1 Å². The number of nitrogens with zero attached hydrogens (tertiary/aromatic N) is 1. The molecule has 0 unspecified atom stereocenters. The first-order valence-electron chi connectivity index (χ1n) is 8.41. The van der Waals surface area contributed by atoms with Crippen LogP contribution >= 0.6 is 0 Å². The van der Waals surface area contributed by atoms with Gasteiger partial charge < -0.3 is 14.7 Å². The number of rotatable bonds is 5. The molecule has 1 saturated heterocycles. The van der Waals surface area contributed by atoms with Gasteiger partial charge in [-0.2, -0.15) is 0 Å². The maximum absolute atomic E-state index is 12.7. The molecule has 5 nitrogen and oxygen atoms in total. The van der Waals surface area contributed by atoms with Gasteiger partial charge in [-0.25, -0.2) is 4.79 Å². The molecule has 1 fully saturated rings. The minimum atomic E-state index is -1.95. The van der Waals surface area contributed by atoms with Crippen LogP contribution in [0.3, 0.4) is 0 Å². The Balaban J connectivity index is 1.82. The van der Waals surface area contributed by atoms with Gasteiger partial charge in [0.25, 0.3) is 5.91 Å². The molecule has 1 aliphatic rings. The highest BCUT2D eigenvalue weighted by atomic mass is 16.6. The van der Waals surface area contributed by atoms with E-state index in [0.717, 1.165) is 12.8 Å². The van der Waals surface area contributed by atoms with Crippen molar-refractivity contribution in [3.8, 4) is 0 Å². The fraction of sp³-hybridized carbons (Fsp3) is 0.300. The number of carbonyl (C=O) groups is 2. The Bertz CT molecular complexity index is 684. The predicted molar refractivity (Wildman–Crippen MR) is 92.7 cm³/mol. The van der Waals surface area contributed by atoms with Crippen LogP contribution in [-0.2, 0) is 19.9 Å². The van der Waals surface area contributed by atoms with E-state index in [4.69, 9.17) is 4.74 Å². The minimum Gasteiger partial charge on any atom is -0.453 e. The average molecular weight is 339 g/mol. The van der Waals surface area contributed by atoms with Crippen molar-refractivity contribution in [3.63, 3.8) is 0 Å². The lowest BCUT2D eigenvalue weighted by molar-refractivity contribution is -0.166. The van der Waals surface area contributed by atoms with Gasteiger partial charge in [-0.3, -0.25) is 4.79 Å². The largest absolute Gasteiger partial charge is 0.453 e. The van der Waals surface area contributed by atoms with Crippen LogP contribution in [0.4, 0.5) is 0 Å². The lowest BCUT2D eigenvalue weighted by Crippen LogP contribution is -2.41. The summed E-state index contributed by atoms with van der Waals surface area (Å²) >= 11 is 0. The third-order valence-electron chi connectivity index (χ3n) is 4.46. The molecule has 0 aliphatic carbocycles. The van der Waals surface area contributed by atoms with Crippen molar-refractivity contribution in [1.29, 1.82) is 0 Å². The van der Waals surface area contributed by atoms with Crippen molar-refractivity contribution < 1.29 is 19.4 Å². The molecule has 2 aromatic rings. The maximum atomic E-state index is 12.7. The number of aliphatic hydroxyl groups is 1. The molecule has 0 atom stereocenters. The first-order chi connectivity index (χ1) is 12.1. The van der Waals surface area contributed by atoms with Gasteiger partial charge in [0.2, 0.25) is 5.60 Å². The van der Waals surface area contributed by atoms with Crippen molar-refractivity contribution in [1.82, 2.24) is 4.90 Å². The Hall–Kier alpha value is -2.66. The SMILES string of the molecule is O=C(COC(=O)C(O)(c1ccccc1)c1ccccc1)N1CCCC1. The second-order valence-corrected chi connectivity index (χ2v) is 6.11. The number of hydrogen-bond acceptors (Lipinski definition) is 4. The topological polar surface area (TPSA) is 66.8 Å². The Morgan fingerprint density at radius 3 is 1.88 bits per heavy atom. The molecule has 25 heavy (non-hydrogen) atoms. The van der Waals surface area contributed by atoms with Gasteiger partial charge in [0.05, 0.1) is 0 Å². The van der Waals surface area contributed by atoms with E-state index in [-0.39, 0.29) is 12.5 Å². The zero-order valence-corrected chi connectivity index (χ0v) is 13.9. The lowest BCUT2D eigenvalue weighted by Gasteiger charge is -2.27. The summed E-state index contributed by atoms with van der Waals surface area (Å²) in [4.78, 5) is 26.5. The number of hydrogen-bond donors (Lipinski definition) is 1. The number of amides is 1. The zero-order valence-electron chi connectivity index (χ0n) is 13.9. The second-order valence-electron chi connectivity index (χ2n) is 6.11. The number of benzene rings is 2.